The number of aromatic nitrogens is 2. The van der Waals surface area contributed by atoms with Crippen LogP contribution in [-0.2, 0) is 13.0 Å². The second kappa shape index (κ2) is 4.18. The Morgan fingerprint density at radius 3 is 2.75 bits per heavy atom. The number of hydrogen-bond acceptors (Lipinski definition) is 4. The molecule has 0 saturated heterocycles. The molecule has 0 spiro atoms. The van der Waals surface area contributed by atoms with Crippen LogP contribution in [0.15, 0.2) is 0 Å². The Morgan fingerprint density at radius 1 is 1.31 bits per heavy atom. The highest BCUT2D eigenvalue weighted by molar-refractivity contribution is 6.30. The van der Waals surface area contributed by atoms with E-state index in [0.717, 1.165) is 30.8 Å². The van der Waals surface area contributed by atoms with Crippen LogP contribution >= 0.6 is 11.6 Å². The average Bonchev–Trinajstić information content (AvgIpc) is 2.15. The lowest BCUT2D eigenvalue weighted by Crippen LogP contribution is -2.30. The van der Waals surface area contributed by atoms with Crippen molar-refractivity contribution in [3.8, 4) is 0 Å². The normalized spacial score (nSPS) is 15.8. The van der Waals surface area contributed by atoms with E-state index >= 15 is 0 Å². The van der Waals surface area contributed by atoms with Crippen LogP contribution in [0.25, 0.3) is 0 Å². The van der Waals surface area contributed by atoms with E-state index in [1.54, 1.807) is 0 Å². The van der Waals surface area contributed by atoms with Crippen molar-refractivity contribution >= 4 is 17.5 Å². The summed E-state index contributed by atoms with van der Waals surface area (Å²) in [6, 6.07) is 0. The predicted molar refractivity (Wildman–Crippen MR) is 65.8 cm³/mol. The Labute approximate surface area is 101 Å². The molecule has 0 aromatic carbocycles. The summed E-state index contributed by atoms with van der Waals surface area (Å²) in [6.45, 7) is 7.93. The standard InChI is InChI=1S/C11H17ClN4/c1-11(2,3)16-10-14-8-6-13-5-4-7(8)9(12)15-10/h13H,4-6H2,1-3H3,(H,14,15,16). The number of halogens is 1. The summed E-state index contributed by atoms with van der Waals surface area (Å²) in [4.78, 5) is 8.78. The van der Waals surface area contributed by atoms with Crippen molar-refractivity contribution in [2.45, 2.75) is 39.3 Å². The van der Waals surface area contributed by atoms with Gasteiger partial charge in [0.1, 0.15) is 5.15 Å². The second-order valence-corrected chi connectivity index (χ2v) is 5.42. The Balaban J connectivity index is 2.32. The van der Waals surface area contributed by atoms with E-state index in [1.165, 1.54) is 0 Å². The first-order valence-electron chi connectivity index (χ1n) is 5.50. The molecule has 0 aliphatic carbocycles. The van der Waals surface area contributed by atoms with Crippen LogP contribution < -0.4 is 10.6 Å². The molecule has 1 aliphatic heterocycles. The molecule has 1 aromatic rings. The van der Waals surface area contributed by atoms with Crippen LogP contribution in [0.4, 0.5) is 5.95 Å². The van der Waals surface area contributed by atoms with E-state index in [4.69, 9.17) is 11.6 Å². The van der Waals surface area contributed by atoms with Crippen molar-refractivity contribution < 1.29 is 0 Å². The lowest BCUT2D eigenvalue weighted by Gasteiger charge is -2.23. The van der Waals surface area contributed by atoms with Gasteiger partial charge >= 0.3 is 0 Å². The molecule has 4 nitrogen and oxygen atoms in total. The zero-order valence-electron chi connectivity index (χ0n) is 9.89. The molecule has 5 heteroatoms. The third-order valence-corrected chi connectivity index (χ3v) is 2.69. The molecule has 2 heterocycles. The van der Waals surface area contributed by atoms with E-state index in [9.17, 15) is 0 Å². The van der Waals surface area contributed by atoms with Crippen LogP contribution in [-0.4, -0.2) is 22.1 Å². The number of fused-ring (bicyclic) bond motifs is 1. The first-order chi connectivity index (χ1) is 7.46. The fourth-order valence-corrected chi connectivity index (χ4v) is 1.99. The van der Waals surface area contributed by atoms with Crippen molar-refractivity contribution in [2.24, 2.45) is 0 Å². The first kappa shape index (κ1) is 11.6. The van der Waals surface area contributed by atoms with Crippen molar-refractivity contribution in [1.82, 2.24) is 15.3 Å². The lowest BCUT2D eigenvalue weighted by molar-refractivity contribution is 0.606. The molecule has 0 unspecified atom stereocenters. The molecule has 1 aliphatic rings. The smallest absolute Gasteiger partial charge is 0.224 e. The minimum Gasteiger partial charge on any atom is -0.350 e. The molecular weight excluding hydrogens is 224 g/mol. The number of nitrogens with zero attached hydrogens (tertiary/aromatic N) is 2. The number of hydrogen-bond donors (Lipinski definition) is 2. The summed E-state index contributed by atoms with van der Waals surface area (Å²) in [7, 11) is 0. The van der Waals surface area contributed by atoms with Crippen LogP contribution in [0.1, 0.15) is 32.0 Å². The first-order valence-corrected chi connectivity index (χ1v) is 5.88. The summed E-state index contributed by atoms with van der Waals surface area (Å²) < 4.78 is 0. The summed E-state index contributed by atoms with van der Waals surface area (Å²) in [5, 5.41) is 7.10. The van der Waals surface area contributed by atoms with Gasteiger partial charge in [0.25, 0.3) is 0 Å². The number of anilines is 1. The molecule has 1 aromatic heterocycles. The Kier molecular flexibility index (Phi) is 3.04. The van der Waals surface area contributed by atoms with Gasteiger partial charge in [-0.05, 0) is 33.7 Å². The Hall–Kier alpha value is -0.870. The predicted octanol–water partition coefficient (Wildman–Crippen LogP) is 1.99. The average molecular weight is 241 g/mol. The largest absolute Gasteiger partial charge is 0.350 e. The maximum absolute atomic E-state index is 6.16. The van der Waals surface area contributed by atoms with Gasteiger partial charge in [-0.25, -0.2) is 9.97 Å². The van der Waals surface area contributed by atoms with Crippen molar-refractivity contribution in [3.05, 3.63) is 16.4 Å². The lowest BCUT2D eigenvalue weighted by atomic mass is 10.1. The maximum atomic E-state index is 6.16. The summed E-state index contributed by atoms with van der Waals surface area (Å²) in [6.07, 6.45) is 0.907. The molecule has 0 saturated carbocycles. The van der Waals surface area contributed by atoms with Gasteiger partial charge in [0.2, 0.25) is 5.95 Å². The SMILES string of the molecule is CC(C)(C)Nc1nc(Cl)c2c(n1)CNCC2. The summed E-state index contributed by atoms with van der Waals surface area (Å²) in [5.41, 5.74) is 2.04. The van der Waals surface area contributed by atoms with E-state index < -0.39 is 0 Å². The molecule has 2 rings (SSSR count). The van der Waals surface area contributed by atoms with Gasteiger partial charge in [0.15, 0.2) is 0 Å². The van der Waals surface area contributed by atoms with E-state index in [1.807, 2.05) is 0 Å². The van der Waals surface area contributed by atoms with Crippen molar-refractivity contribution in [3.63, 3.8) is 0 Å². The highest BCUT2D eigenvalue weighted by Gasteiger charge is 2.18. The minimum absolute atomic E-state index is 0.0559. The molecule has 0 radical (unpaired) electrons. The van der Waals surface area contributed by atoms with Crippen molar-refractivity contribution in [2.75, 3.05) is 11.9 Å². The molecular formula is C11H17ClN4. The highest BCUT2D eigenvalue weighted by atomic mass is 35.5. The molecule has 88 valence electrons. The summed E-state index contributed by atoms with van der Waals surface area (Å²) in [5.74, 6) is 0.611. The highest BCUT2D eigenvalue weighted by Crippen LogP contribution is 2.22. The molecule has 0 bridgehead atoms. The van der Waals surface area contributed by atoms with Gasteiger partial charge in [-0.2, -0.15) is 0 Å². The zero-order chi connectivity index (χ0) is 11.8. The van der Waals surface area contributed by atoms with Gasteiger partial charge in [0.05, 0.1) is 5.69 Å². The van der Waals surface area contributed by atoms with Gasteiger partial charge < -0.3 is 10.6 Å². The molecule has 0 atom stereocenters. The molecule has 0 amide bonds. The van der Waals surface area contributed by atoms with Crippen molar-refractivity contribution in [1.29, 1.82) is 0 Å². The van der Waals surface area contributed by atoms with Gasteiger partial charge in [-0.3, -0.25) is 0 Å². The van der Waals surface area contributed by atoms with Gasteiger partial charge in [-0.1, -0.05) is 11.6 Å². The van der Waals surface area contributed by atoms with E-state index in [2.05, 4.69) is 41.4 Å². The van der Waals surface area contributed by atoms with Crippen LogP contribution in [0, 0.1) is 0 Å². The van der Waals surface area contributed by atoms with Gasteiger partial charge in [-0.15, -0.1) is 0 Å². The third kappa shape index (κ3) is 2.62. The van der Waals surface area contributed by atoms with Gasteiger partial charge in [0, 0.05) is 17.6 Å². The Morgan fingerprint density at radius 2 is 2.06 bits per heavy atom. The quantitative estimate of drug-likeness (QED) is 0.738. The third-order valence-electron chi connectivity index (χ3n) is 2.37. The number of rotatable bonds is 1. The minimum atomic E-state index is -0.0559. The second-order valence-electron chi connectivity index (χ2n) is 5.07. The molecule has 2 N–H and O–H groups in total. The molecule has 16 heavy (non-hydrogen) atoms. The fraction of sp³-hybridized carbons (Fsp3) is 0.636. The topological polar surface area (TPSA) is 49.8 Å². The van der Waals surface area contributed by atoms with E-state index in [0.29, 0.717) is 11.1 Å². The zero-order valence-corrected chi connectivity index (χ0v) is 10.6. The summed E-state index contributed by atoms with van der Waals surface area (Å²) >= 11 is 6.16. The number of nitrogens with one attached hydrogen (secondary N) is 2. The molecule has 0 fully saturated rings. The van der Waals surface area contributed by atoms with Crippen LogP contribution in [0.2, 0.25) is 5.15 Å². The fourth-order valence-electron chi connectivity index (χ4n) is 1.70. The van der Waals surface area contributed by atoms with Crippen LogP contribution in [0.3, 0.4) is 0 Å². The maximum Gasteiger partial charge on any atom is 0.224 e. The monoisotopic (exact) mass is 240 g/mol. The van der Waals surface area contributed by atoms with E-state index in [-0.39, 0.29) is 5.54 Å². The van der Waals surface area contributed by atoms with Crippen LogP contribution in [0.5, 0.6) is 0 Å². The Bertz CT molecular complexity index is 398.